The number of halogens is 1. The minimum atomic E-state index is 0.313. The summed E-state index contributed by atoms with van der Waals surface area (Å²) >= 11 is 3.64. The molecule has 1 fully saturated rings. The molecule has 0 amide bonds. The third-order valence-corrected chi connectivity index (χ3v) is 4.40. The van der Waals surface area contributed by atoms with Crippen molar-refractivity contribution in [3.63, 3.8) is 0 Å². The SMILES string of the molecule is CCCCC1CC(N)CN(c2ccccc2Br)C1. The summed E-state index contributed by atoms with van der Waals surface area (Å²) in [4.78, 5) is 2.44. The smallest absolute Gasteiger partial charge is 0.0511 e. The molecule has 1 saturated heterocycles. The first-order chi connectivity index (χ1) is 8.70. The highest BCUT2D eigenvalue weighted by molar-refractivity contribution is 9.10. The van der Waals surface area contributed by atoms with Gasteiger partial charge in [-0.2, -0.15) is 0 Å². The van der Waals surface area contributed by atoms with Crippen molar-refractivity contribution in [3.8, 4) is 0 Å². The number of nitrogens with zero attached hydrogens (tertiary/aromatic N) is 1. The van der Waals surface area contributed by atoms with Gasteiger partial charge in [-0.1, -0.05) is 31.9 Å². The third kappa shape index (κ3) is 3.48. The summed E-state index contributed by atoms with van der Waals surface area (Å²) in [6.07, 6.45) is 5.09. The van der Waals surface area contributed by atoms with Crippen LogP contribution < -0.4 is 10.6 Å². The van der Waals surface area contributed by atoms with Crippen molar-refractivity contribution in [3.05, 3.63) is 28.7 Å². The highest BCUT2D eigenvalue weighted by atomic mass is 79.9. The third-order valence-electron chi connectivity index (χ3n) is 3.73. The van der Waals surface area contributed by atoms with Gasteiger partial charge in [0.05, 0.1) is 5.69 Å². The van der Waals surface area contributed by atoms with Gasteiger partial charge in [-0.25, -0.2) is 0 Å². The molecule has 0 bridgehead atoms. The molecule has 1 aromatic rings. The maximum absolute atomic E-state index is 6.22. The average Bonchev–Trinajstić information content (AvgIpc) is 2.36. The van der Waals surface area contributed by atoms with Crippen LogP contribution in [0, 0.1) is 5.92 Å². The van der Waals surface area contributed by atoms with Crippen molar-refractivity contribution >= 4 is 21.6 Å². The number of anilines is 1. The Balaban J connectivity index is 2.06. The van der Waals surface area contributed by atoms with E-state index in [0.717, 1.165) is 19.0 Å². The van der Waals surface area contributed by atoms with Crippen molar-refractivity contribution < 1.29 is 0 Å². The second-order valence-corrected chi connectivity index (χ2v) is 6.21. The fraction of sp³-hybridized carbons (Fsp3) is 0.600. The fourth-order valence-electron chi connectivity index (χ4n) is 2.85. The number of para-hydroxylation sites is 1. The van der Waals surface area contributed by atoms with Crippen molar-refractivity contribution in [2.45, 2.75) is 38.6 Å². The summed E-state index contributed by atoms with van der Waals surface area (Å²) in [5.41, 5.74) is 7.50. The first-order valence-electron chi connectivity index (χ1n) is 6.95. The van der Waals surface area contributed by atoms with E-state index in [1.165, 1.54) is 35.8 Å². The van der Waals surface area contributed by atoms with E-state index >= 15 is 0 Å². The first-order valence-corrected chi connectivity index (χ1v) is 7.75. The van der Waals surface area contributed by atoms with Crippen molar-refractivity contribution in [1.29, 1.82) is 0 Å². The van der Waals surface area contributed by atoms with Gasteiger partial charge < -0.3 is 10.6 Å². The number of piperidine rings is 1. The molecule has 3 heteroatoms. The van der Waals surface area contributed by atoms with Crippen LogP contribution in [-0.4, -0.2) is 19.1 Å². The van der Waals surface area contributed by atoms with Crippen molar-refractivity contribution in [2.24, 2.45) is 11.7 Å². The Labute approximate surface area is 119 Å². The zero-order chi connectivity index (χ0) is 13.0. The number of unbranched alkanes of at least 4 members (excludes halogenated alkanes) is 1. The summed E-state index contributed by atoms with van der Waals surface area (Å²) in [5.74, 6) is 0.751. The Morgan fingerprint density at radius 2 is 2.11 bits per heavy atom. The molecule has 1 aromatic carbocycles. The minimum Gasteiger partial charge on any atom is -0.369 e. The summed E-state index contributed by atoms with van der Waals surface area (Å²) < 4.78 is 1.17. The first kappa shape index (κ1) is 13.9. The van der Waals surface area contributed by atoms with E-state index < -0.39 is 0 Å². The Morgan fingerprint density at radius 3 is 2.83 bits per heavy atom. The molecular weight excluding hydrogens is 288 g/mol. The predicted octanol–water partition coefficient (Wildman–Crippen LogP) is 3.79. The molecule has 0 spiro atoms. The lowest BCUT2D eigenvalue weighted by Crippen LogP contribution is -2.47. The van der Waals surface area contributed by atoms with Gasteiger partial charge in [0, 0.05) is 23.6 Å². The Hall–Kier alpha value is -0.540. The molecule has 100 valence electrons. The average molecular weight is 311 g/mol. The zero-order valence-corrected chi connectivity index (χ0v) is 12.7. The highest BCUT2D eigenvalue weighted by Crippen LogP contribution is 2.30. The molecule has 1 aliphatic rings. The lowest BCUT2D eigenvalue weighted by atomic mass is 9.90. The van der Waals surface area contributed by atoms with Gasteiger partial charge in [0.25, 0.3) is 0 Å². The number of nitrogens with two attached hydrogens (primary N) is 1. The molecule has 0 aliphatic carbocycles. The second-order valence-electron chi connectivity index (χ2n) is 5.36. The van der Waals surface area contributed by atoms with E-state index in [1.807, 2.05) is 0 Å². The van der Waals surface area contributed by atoms with Gasteiger partial charge in [0.15, 0.2) is 0 Å². The van der Waals surface area contributed by atoms with Crippen LogP contribution in [0.5, 0.6) is 0 Å². The summed E-state index contributed by atoms with van der Waals surface area (Å²) in [6.45, 7) is 4.38. The molecule has 2 N–H and O–H groups in total. The second kappa shape index (κ2) is 6.58. The topological polar surface area (TPSA) is 29.3 Å². The van der Waals surface area contributed by atoms with Crippen LogP contribution in [0.15, 0.2) is 28.7 Å². The van der Waals surface area contributed by atoms with E-state index in [-0.39, 0.29) is 0 Å². The van der Waals surface area contributed by atoms with Crippen LogP contribution in [0.1, 0.15) is 32.6 Å². The molecule has 0 aromatic heterocycles. The predicted molar refractivity (Wildman–Crippen MR) is 82.0 cm³/mol. The van der Waals surface area contributed by atoms with Crippen LogP contribution in [-0.2, 0) is 0 Å². The Morgan fingerprint density at radius 1 is 1.33 bits per heavy atom. The van der Waals surface area contributed by atoms with E-state index in [0.29, 0.717) is 6.04 Å². The van der Waals surface area contributed by atoms with Crippen LogP contribution in [0.25, 0.3) is 0 Å². The van der Waals surface area contributed by atoms with E-state index in [2.05, 4.69) is 52.0 Å². The lowest BCUT2D eigenvalue weighted by molar-refractivity contribution is 0.349. The molecule has 0 radical (unpaired) electrons. The molecule has 2 nitrogen and oxygen atoms in total. The number of hydrogen-bond donors (Lipinski definition) is 1. The van der Waals surface area contributed by atoms with Crippen LogP contribution in [0.3, 0.4) is 0 Å². The van der Waals surface area contributed by atoms with Gasteiger partial charge in [-0.15, -0.1) is 0 Å². The fourth-order valence-corrected chi connectivity index (χ4v) is 3.39. The standard InChI is InChI=1S/C15H23BrN2/c1-2-3-6-12-9-13(17)11-18(10-12)15-8-5-4-7-14(15)16/h4-5,7-8,12-13H,2-3,6,9-11,17H2,1H3. The normalized spacial score (nSPS) is 24.3. The van der Waals surface area contributed by atoms with Crippen LogP contribution in [0.4, 0.5) is 5.69 Å². The molecule has 2 unspecified atom stereocenters. The number of benzene rings is 1. The molecular formula is C15H23BrN2. The number of rotatable bonds is 4. The largest absolute Gasteiger partial charge is 0.369 e. The maximum atomic E-state index is 6.22. The summed E-state index contributed by atoms with van der Waals surface area (Å²) in [7, 11) is 0. The molecule has 2 rings (SSSR count). The van der Waals surface area contributed by atoms with Gasteiger partial charge in [0.2, 0.25) is 0 Å². The van der Waals surface area contributed by atoms with Crippen LogP contribution in [0.2, 0.25) is 0 Å². The van der Waals surface area contributed by atoms with Crippen molar-refractivity contribution in [1.82, 2.24) is 0 Å². The molecule has 0 saturated carbocycles. The highest BCUT2D eigenvalue weighted by Gasteiger charge is 2.25. The summed E-state index contributed by atoms with van der Waals surface area (Å²) in [5, 5.41) is 0. The lowest BCUT2D eigenvalue weighted by Gasteiger charge is -2.38. The molecule has 2 atom stereocenters. The van der Waals surface area contributed by atoms with Gasteiger partial charge in [0.1, 0.15) is 0 Å². The molecule has 1 heterocycles. The van der Waals surface area contributed by atoms with E-state index in [1.54, 1.807) is 0 Å². The van der Waals surface area contributed by atoms with Gasteiger partial charge in [-0.3, -0.25) is 0 Å². The minimum absolute atomic E-state index is 0.313. The van der Waals surface area contributed by atoms with E-state index in [9.17, 15) is 0 Å². The van der Waals surface area contributed by atoms with Gasteiger partial charge in [-0.05, 0) is 46.8 Å². The van der Waals surface area contributed by atoms with Crippen LogP contribution >= 0.6 is 15.9 Å². The molecule has 1 aliphatic heterocycles. The Bertz CT molecular complexity index is 381. The summed E-state index contributed by atoms with van der Waals surface area (Å²) in [6, 6.07) is 8.76. The number of hydrogen-bond acceptors (Lipinski definition) is 2. The zero-order valence-electron chi connectivity index (χ0n) is 11.1. The van der Waals surface area contributed by atoms with Gasteiger partial charge >= 0.3 is 0 Å². The maximum Gasteiger partial charge on any atom is 0.0511 e. The quantitative estimate of drug-likeness (QED) is 0.916. The Kier molecular flexibility index (Phi) is 5.07. The monoisotopic (exact) mass is 310 g/mol. The molecule has 18 heavy (non-hydrogen) atoms. The van der Waals surface area contributed by atoms with Crippen molar-refractivity contribution in [2.75, 3.05) is 18.0 Å². The van der Waals surface area contributed by atoms with E-state index in [4.69, 9.17) is 5.73 Å².